The lowest BCUT2D eigenvalue weighted by Crippen LogP contribution is -2.31. The van der Waals surface area contributed by atoms with Crippen LogP contribution in [0.25, 0.3) is 33.5 Å². The fourth-order valence-corrected chi connectivity index (χ4v) is 3.71. The Balaban J connectivity index is 2.03. The second-order valence-corrected chi connectivity index (χ2v) is 5.63. The number of aryl methyl sites for hydroxylation is 2. The molecule has 0 radical (unpaired) electrons. The van der Waals surface area contributed by atoms with Crippen molar-refractivity contribution in [3.63, 3.8) is 0 Å². The molecule has 0 unspecified atom stereocenters. The Morgan fingerprint density at radius 1 is 1.14 bits per heavy atom. The highest BCUT2D eigenvalue weighted by Crippen LogP contribution is 2.36. The van der Waals surface area contributed by atoms with Crippen LogP contribution in [0.4, 0.5) is 0 Å². The zero-order valence-electron chi connectivity index (χ0n) is 11.9. The van der Waals surface area contributed by atoms with Crippen LogP contribution in [0.3, 0.4) is 0 Å². The van der Waals surface area contributed by atoms with E-state index in [0.717, 1.165) is 6.54 Å². The van der Waals surface area contributed by atoms with Crippen LogP contribution in [0.2, 0.25) is 0 Å². The van der Waals surface area contributed by atoms with Gasteiger partial charge in [0.1, 0.15) is 5.52 Å². The minimum absolute atomic E-state index is 0.886. The van der Waals surface area contributed by atoms with Gasteiger partial charge in [-0.2, -0.15) is 0 Å². The number of hydrogen-bond acceptors (Lipinski definition) is 2. The van der Waals surface area contributed by atoms with Crippen LogP contribution in [0, 0.1) is 0 Å². The van der Waals surface area contributed by atoms with Gasteiger partial charge in [-0.05, 0) is 12.1 Å². The van der Waals surface area contributed by atoms with E-state index in [4.69, 9.17) is 0 Å². The molecule has 21 heavy (non-hydrogen) atoms. The van der Waals surface area contributed by atoms with Crippen LogP contribution >= 0.6 is 0 Å². The third-order valence-corrected chi connectivity index (χ3v) is 4.58. The minimum atomic E-state index is 0.886. The number of fused-ring (bicyclic) bond motifs is 7. The molecule has 0 atom stereocenters. The summed E-state index contributed by atoms with van der Waals surface area (Å²) in [4.78, 5) is 8.52. The molecule has 1 aliphatic rings. The number of pyridine rings is 2. The van der Waals surface area contributed by atoms with Gasteiger partial charge in [-0.25, -0.2) is 9.13 Å². The number of nitrogens with zero attached hydrogens (tertiary/aromatic N) is 5. The molecular weight excluding hydrogens is 262 g/mol. The normalized spacial score (nSPS) is 13.0. The van der Waals surface area contributed by atoms with Gasteiger partial charge in [-0.3, -0.25) is 14.5 Å². The molecule has 4 aromatic heterocycles. The van der Waals surface area contributed by atoms with Gasteiger partial charge < -0.3 is 0 Å². The van der Waals surface area contributed by atoms with Crippen LogP contribution in [-0.4, -0.2) is 19.1 Å². The predicted molar refractivity (Wildman–Crippen MR) is 79.7 cm³/mol. The topological polar surface area (TPSA) is 39.5 Å². The Morgan fingerprint density at radius 2 is 1.95 bits per heavy atom. The molecule has 5 nitrogen and oxygen atoms in total. The molecule has 0 spiro atoms. The van der Waals surface area contributed by atoms with Crippen molar-refractivity contribution in [1.29, 1.82) is 0 Å². The van der Waals surface area contributed by atoms with Crippen LogP contribution < -0.4 is 4.57 Å². The third kappa shape index (κ3) is 1.15. The van der Waals surface area contributed by atoms with Crippen molar-refractivity contribution in [3.05, 3.63) is 42.5 Å². The molecule has 5 heteroatoms. The van der Waals surface area contributed by atoms with Crippen molar-refractivity contribution in [2.45, 2.75) is 6.54 Å². The van der Waals surface area contributed by atoms with E-state index in [0.29, 0.717) is 0 Å². The fourth-order valence-electron chi connectivity index (χ4n) is 3.71. The van der Waals surface area contributed by atoms with Crippen molar-refractivity contribution >= 4 is 22.1 Å². The van der Waals surface area contributed by atoms with Gasteiger partial charge in [0.2, 0.25) is 5.82 Å². The van der Waals surface area contributed by atoms with Crippen LogP contribution in [0.15, 0.2) is 36.9 Å². The Bertz CT molecular complexity index is 1040. The zero-order valence-corrected chi connectivity index (χ0v) is 11.9. The summed E-state index contributed by atoms with van der Waals surface area (Å²) in [6.45, 7) is 0.886. The van der Waals surface area contributed by atoms with Crippen molar-refractivity contribution < 1.29 is 4.57 Å². The second-order valence-electron chi connectivity index (χ2n) is 5.63. The average Bonchev–Trinajstić information content (AvgIpc) is 3.11. The van der Waals surface area contributed by atoms with E-state index in [1.54, 1.807) is 0 Å². The predicted octanol–water partition coefficient (Wildman–Crippen LogP) is 1.78. The molecule has 0 amide bonds. The van der Waals surface area contributed by atoms with E-state index < -0.39 is 0 Å². The number of hydrogen-bond donors (Lipinski definition) is 0. The van der Waals surface area contributed by atoms with Gasteiger partial charge in [0.05, 0.1) is 37.8 Å². The highest BCUT2D eigenvalue weighted by atomic mass is 15.2. The first-order valence-corrected chi connectivity index (χ1v) is 7.01. The Labute approximate surface area is 121 Å². The van der Waals surface area contributed by atoms with Gasteiger partial charge >= 0.3 is 0 Å². The summed E-state index contributed by atoms with van der Waals surface area (Å²) in [6, 6.07) is 4.21. The maximum absolute atomic E-state index is 4.26. The summed E-state index contributed by atoms with van der Waals surface area (Å²) in [7, 11) is 4.24. The molecule has 5 rings (SSSR count). The smallest absolute Gasteiger partial charge is 0.264 e. The van der Waals surface area contributed by atoms with Gasteiger partial charge in [0.15, 0.2) is 5.52 Å². The molecule has 0 saturated heterocycles. The van der Waals surface area contributed by atoms with Crippen LogP contribution in [-0.2, 0) is 20.6 Å². The number of aromatic nitrogens is 5. The lowest BCUT2D eigenvalue weighted by molar-refractivity contribution is -0.636. The van der Waals surface area contributed by atoms with E-state index in [1.165, 1.54) is 39.0 Å². The summed E-state index contributed by atoms with van der Waals surface area (Å²) in [5, 5.41) is 1.25. The maximum atomic E-state index is 4.26. The standard InChI is InChI=1S/C16H14N5/c1-19-13-8-18-6-4-12(13)14-16(19)20(2)15-11-3-5-17-7-10(11)9-21(14)15/h3-8H,9H2,1-2H3/q+1. The number of rotatable bonds is 0. The third-order valence-electron chi connectivity index (χ3n) is 4.58. The van der Waals surface area contributed by atoms with Crippen molar-refractivity contribution in [2.75, 3.05) is 0 Å². The van der Waals surface area contributed by atoms with Crippen molar-refractivity contribution in [1.82, 2.24) is 19.1 Å². The van der Waals surface area contributed by atoms with Crippen molar-refractivity contribution in [2.24, 2.45) is 14.1 Å². The fraction of sp³-hybridized carbons (Fsp3) is 0.188. The second kappa shape index (κ2) is 3.49. The van der Waals surface area contributed by atoms with E-state index in [1.807, 2.05) is 24.8 Å². The quantitative estimate of drug-likeness (QED) is 0.404. The Morgan fingerprint density at radius 3 is 2.86 bits per heavy atom. The molecule has 5 heterocycles. The molecule has 0 aromatic carbocycles. The average molecular weight is 276 g/mol. The summed E-state index contributed by atoms with van der Waals surface area (Å²) in [6.07, 6.45) is 7.65. The lowest BCUT2D eigenvalue weighted by Gasteiger charge is -1.98. The summed E-state index contributed by atoms with van der Waals surface area (Å²) < 4.78 is 6.90. The Hall–Kier alpha value is -2.69. The molecular formula is C16H14N5+. The first kappa shape index (κ1) is 11.0. The molecule has 0 bridgehead atoms. The summed E-state index contributed by atoms with van der Waals surface area (Å²) in [5.74, 6) is 1.26. The van der Waals surface area contributed by atoms with E-state index in [9.17, 15) is 0 Å². The number of imidazole rings is 1. The van der Waals surface area contributed by atoms with Gasteiger partial charge in [-0.1, -0.05) is 0 Å². The molecule has 1 aliphatic heterocycles. The van der Waals surface area contributed by atoms with Crippen LogP contribution in [0.5, 0.6) is 0 Å². The minimum Gasteiger partial charge on any atom is -0.264 e. The maximum Gasteiger partial charge on any atom is 0.269 e. The van der Waals surface area contributed by atoms with E-state index in [2.05, 4.69) is 49.9 Å². The molecule has 0 aliphatic carbocycles. The van der Waals surface area contributed by atoms with Gasteiger partial charge in [-0.15, -0.1) is 0 Å². The lowest BCUT2D eigenvalue weighted by atomic mass is 10.2. The molecule has 0 saturated carbocycles. The summed E-state index contributed by atoms with van der Waals surface area (Å²) >= 11 is 0. The van der Waals surface area contributed by atoms with Gasteiger partial charge in [0.25, 0.3) is 5.65 Å². The monoisotopic (exact) mass is 276 g/mol. The molecule has 0 fully saturated rings. The Kier molecular flexibility index (Phi) is 1.83. The molecule has 0 N–H and O–H groups in total. The van der Waals surface area contributed by atoms with E-state index >= 15 is 0 Å². The highest BCUT2D eigenvalue weighted by molar-refractivity contribution is 6.04. The largest absolute Gasteiger partial charge is 0.269 e. The zero-order chi connectivity index (χ0) is 14.1. The van der Waals surface area contributed by atoms with E-state index in [-0.39, 0.29) is 0 Å². The van der Waals surface area contributed by atoms with Gasteiger partial charge in [0, 0.05) is 24.2 Å². The highest BCUT2D eigenvalue weighted by Gasteiger charge is 2.34. The first-order chi connectivity index (χ1) is 10.3. The first-order valence-electron chi connectivity index (χ1n) is 7.01. The van der Waals surface area contributed by atoms with Crippen LogP contribution in [0.1, 0.15) is 5.56 Å². The summed E-state index contributed by atoms with van der Waals surface area (Å²) in [5.41, 5.74) is 6.25. The van der Waals surface area contributed by atoms with Crippen molar-refractivity contribution in [3.8, 4) is 11.4 Å². The molecule has 102 valence electrons. The SMILES string of the molecule is Cn1c2cnccc2c2c1[n+](C)c1n2Cc2cnccc2-1. The molecule has 4 aromatic rings.